The van der Waals surface area contributed by atoms with E-state index in [2.05, 4.69) is 62.9 Å². The summed E-state index contributed by atoms with van der Waals surface area (Å²) in [6, 6.07) is 17.2. The van der Waals surface area contributed by atoms with Gasteiger partial charge in [-0.25, -0.2) is 19.6 Å². The van der Waals surface area contributed by atoms with Gasteiger partial charge in [0, 0.05) is 42.7 Å². The van der Waals surface area contributed by atoms with Crippen LogP contribution < -0.4 is 10.2 Å². The molecular formula is C31H35N5O4S. The quantitative estimate of drug-likeness (QED) is 0.278. The average molecular weight is 574 g/mol. The summed E-state index contributed by atoms with van der Waals surface area (Å²) in [6.07, 6.45) is 6.76. The van der Waals surface area contributed by atoms with Gasteiger partial charge in [-0.1, -0.05) is 36.4 Å². The zero-order valence-electron chi connectivity index (χ0n) is 23.1. The molecule has 3 N–H and O–H groups in total. The number of carboxylic acids is 2. The second-order valence-electron chi connectivity index (χ2n) is 10.5. The molecule has 214 valence electrons. The molecule has 0 saturated carbocycles. The van der Waals surface area contributed by atoms with Crippen molar-refractivity contribution in [2.24, 2.45) is 0 Å². The Labute approximate surface area is 243 Å². The van der Waals surface area contributed by atoms with Gasteiger partial charge in [0.1, 0.15) is 17.0 Å². The highest BCUT2D eigenvalue weighted by molar-refractivity contribution is 7.17. The van der Waals surface area contributed by atoms with Crippen LogP contribution in [0, 0.1) is 0 Å². The van der Waals surface area contributed by atoms with Gasteiger partial charge in [-0.3, -0.25) is 0 Å². The van der Waals surface area contributed by atoms with E-state index in [1.54, 1.807) is 17.7 Å². The fourth-order valence-corrected chi connectivity index (χ4v) is 6.55. The average Bonchev–Trinajstić information content (AvgIpc) is 3.68. The van der Waals surface area contributed by atoms with Crippen LogP contribution in [0.25, 0.3) is 21.3 Å². The van der Waals surface area contributed by atoms with E-state index in [1.807, 2.05) is 0 Å². The molecule has 4 aromatic rings. The van der Waals surface area contributed by atoms with E-state index in [0.717, 1.165) is 29.8 Å². The Kier molecular flexibility index (Phi) is 9.23. The van der Waals surface area contributed by atoms with Crippen molar-refractivity contribution in [3.63, 3.8) is 0 Å². The summed E-state index contributed by atoms with van der Waals surface area (Å²) in [6.45, 7) is 4.47. The lowest BCUT2D eigenvalue weighted by Crippen LogP contribution is -2.47. The Hall–Kier alpha value is -3.86. The second-order valence-corrected chi connectivity index (χ2v) is 11.4. The number of aromatic nitrogens is 2. The molecule has 41 heavy (non-hydrogen) atoms. The van der Waals surface area contributed by atoms with Crippen molar-refractivity contribution in [2.45, 2.75) is 37.8 Å². The van der Waals surface area contributed by atoms with E-state index >= 15 is 0 Å². The monoisotopic (exact) mass is 573 g/mol. The normalized spacial score (nSPS) is 17.4. The van der Waals surface area contributed by atoms with Gasteiger partial charge in [-0.2, -0.15) is 0 Å². The molecule has 1 unspecified atom stereocenters. The van der Waals surface area contributed by atoms with E-state index in [-0.39, 0.29) is 11.1 Å². The van der Waals surface area contributed by atoms with Gasteiger partial charge < -0.3 is 25.3 Å². The first-order valence-corrected chi connectivity index (χ1v) is 14.8. The van der Waals surface area contributed by atoms with Crippen LogP contribution in [0.5, 0.6) is 0 Å². The van der Waals surface area contributed by atoms with E-state index in [4.69, 9.17) is 15.2 Å². The van der Waals surface area contributed by atoms with Gasteiger partial charge in [-0.05, 0) is 63.0 Å². The molecule has 2 aliphatic heterocycles. The zero-order chi connectivity index (χ0) is 28.8. The Bertz CT molecular complexity index is 1450. The van der Waals surface area contributed by atoms with Crippen LogP contribution in [0.4, 0.5) is 5.82 Å². The summed E-state index contributed by atoms with van der Waals surface area (Å²) in [5, 5.41) is 24.1. The van der Waals surface area contributed by atoms with Gasteiger partial charge in [0.15, 0.2) is 0 Å². The van der Waals surface area contributed by atoms with Crippen LogP contribution in [-0.2, 0) is 0 Å². The fourth-order valence-electron chi connectivity index (χ4n) is 5.64. The summed E-state index contributed by atoms with van der Waals surface area (Å²) in [4.78, 5) is 36.2. The number of carbonyl (C=O) groups is 2. The minimum Gasteiger partial charge on any atom is -0.478 e. The van der Waals surface area contributed by atoms with Gasteiger partial charge in [0.05, 0.1) is 16.5 Å². The molecule has 1 atom stereocenters. The molecule has 6 rings (SSSR count). The SMILES string of the molecule is CN(CC1CCCN1)C1CCN(c2ncnc3scc(-c4ccccc4)c23)CC1.O=C(O)c1cccc(C(=O)O)c1. The van der Waals surface area contributed by atoms with Gasteiger partial charge in [-0.15, -0.1) is 11.3 Å². The summed E-state index contributed by atoms with van der Waals surface area (Å²) in [5.41, 5.74) is 2.46. The Morgan fingerprint density at radius 3 is 2.34 bits per heavy atom. The molecule has 2 saturated heterocycles. The van der Waals surface area contributed by atoms with Crippen molar-refractivity contribution in [2.75, 3.05) is 38.1 Å². The number of nitrogens with one attached hydrogen (secondary N) is 1. The van der Waals surface area contributed by atoms with Crippen molar-refractivity contribution in [3.05, 3.63) is 77.4 Å². The number of thiophene rings is 1. The number of carboxylic acid groups (broad SMARTS) is 2. The fraction of sp³-hybridized carbons (Fsp3) is 0.355. The second kappa shape index (κ2) is 13.2. The minimum absolute atomic E-state index is 0.0186. The third-order valence-corrected chi connectivity index (χ3v) is 8.74. The molecule has 2 aromatic heterocycles. The van der Waals surface area contributed by atoms with E-state index in [0.29, 0.717) is 12.1 Å². The van der Waals surface area contributed by atoms with Crippen molar-refractivity contribution in [3.8, 4) is 11.1 Å². The molecule has 10 heteroatoms. The number of rotatable bonds is 7. The first-order valence-electron chi connectivity index (χ1n) is 13.9. The molecule has 0 aliphatic carbocycles. The number of nitrogens with zero attached hydrogens (tertiary/aromatic N) is 4. The summed E-state index contributed by atoms with van der Waals surface area (Å²) < 4.78 is 0. The van der Waals surface area contributed by atoms with E-state index in [1.165, 1.54) is 73.5 Å². The number of likely N-dealkylation sites (N-methyl/N-ethyl adjacent to an activating group) is 1. The maximum atomic E-state index is 10.4. The van der Waals surface area contributed by atoms with Gasteiger partial charge in [0.2, 0.25) is 0 Å². The number of piperidine rings is 1. The summed E-state index contributed by atoms with van der Waals surface area (Å²) >= 11 is 1.72. The smallest absolute Gasteiger partial charge is 0.335 e. The standard InChI is InChI=1S/C23H29N5S.C8H6O4/c1-27(14-18-8-5-11-24-18)19-9-12-28(13-10-19)22-21-20(17-6-3-2-4-7-17)15-29-23(21)26-16-25-22;9-7(10)5-2-1-3-6(4-5)8(11)12/h2-4,6-7,15-16,18-19,24H,5,8-14H2,1H3;1-4H,(H,9,10)(H,11,12). The van der Waals surface area contributed by atoms with Crippen LogP contribution in [0.2, 0.25) is 0 Å². The molecule has 2 aromatic carbocycles. The predicted molar refractivity (Wildman–Crippen MR) is 162 cm³/mol. The third-order valence-electron chi connectivity index (χ3n) is 7.85. The number of fused-ring (bicyclic) bond motifs is 1. The van der Waals surface area contributed by atoms with Gasteiger partial charge >= 0.3 is 11.9 Å². The molecule has 0 bridgehead atoms. The topological polar surface area (TPSA) is 119 Å². The lowest BCUT2D eigenvalue weighted by Gasteiger charge is -2.38. The summed E-state index contributed by atoms with van der Waals surface area (Å²) in [7, 11) is 2.30. The summed E-state index contributed by atoms with van der Waals surface area (Å²) in [5.74, 6) is -1.15. The number of hydrogen-bond acceptors (Lipinski definition) is 8. The lowest BCUT2D eigenvalue weighted by atomic mass is 10.0. The first-order chi connectivity index (χ1) is 19.9. The van der Waals surface area contributed by atoms with Gasteiger partial charge in [0.25, 0.3) is 0 Å². The maximum Gasteiger partial charge on any atom is 0.335 e. The number of benzene rings is 2. The minimum atomic E-state index is -1.13. The first kappa shape index (κ1) is 28.7. The van der Waals surface area contributed by atoms with Crippen molar-refractivity contribution in [1.29, 1.82) is 0 Å². The highest BCUT2D eigenvalue weighted by atomic mass is 32.1. The highest BCUT2D eigenvalue weighted by Crippen LogP contribution is 2.38. The van der Waals surface area contributed by atoms with Crippen LogP contribution >= 0.6 is 11.3 Å². The maximum absolute atomic E-state index is 10.4. The Morgan fingerprint density at radius 2 is 1.71 bits per heavy atom. The molecular weight excluding hydrogens is 538 g/mol. The van der Waals surface area contributed by atoms with Crippen molar-refractivity contribution in [1.82, 2.24) is 20.2 Å². The number of hydrogen-bond donors (Lipinski definition) is 3. The number of aromatic carboxylic acids is 2. The molecule has 0 spiro atoms. The van der Waals surface area contributed by atoms with E-state index < -0.39 is 11.9 Å². The van der Waals surface area contributed by atoms with Crippen LogP contribution in [0.3, 0.4) is 0 Å². The third kappa shape index (κ3) is 6.90. The van der Waals surface area contributed by atoms with Crippen molar-refractivity contribution < 1.29 is 19.8 Å². The van der Waals surface area contributed by atoms with Crippen LogP contribution in [-0.4, -0.2) is 82.3 Å². The van der Waals surface area contributed by atoms with Crippen molar-refractivity contribution >= 4 is 39.3 Å². The zero-order valence-corrected chi connectivity index (χ0v) is 23.9. The molecule has 9 nitrogen and oxygen atoms in total. The largest absolute Gasteiger partial charge is 0.478 e. The lowest BCUT2D eigenvalue weighted by molar-refractivity contribution is 0.0696. The molecule has 0 radical (unpaired) electrons. The Balaban J connectivity index is 0.000000237. The highest BCUT2D eigenvalue weighted by Gasteiger charge is 2.27. The van der Waals surface area contributed by atoms with Crippen LogP contribution in [0.1, 0.15) is 46.4 Å². The predicted octanol–water partition coefficient (Wildman–Crippen LogP) is 5.09. The Morgan fingerprint density at radius 1 is 1.00 bits per heavy atom. The molecule has 0 amide bonds. The molecule has 2 fully saturated rings. The van der Waals surface area contributed by atoms with Crippen LogP contribution in [0.15, 0.2) is 66.3 Å². The molecule has 2 aliphatic rings. The molecule has 4 heterocycles. The van der Waals surface area contributed by atoms with E-state index in [9.17, 15) is 9.59 Å². The number of anilines is 1.